The smallest absolute Gasteiger partial charge is 0.305 e. The van der Waals surface area contributed by atoms with Crippen LogP contribution in [0.25, 0.3) is 0 Å². The lowest BCUT2D eigenvalue weighted by Gasteiger charge is -2.22. The van der Waals surface area contributed by atoms with Gasteiger partial charge in [-0.1, -0.05) is 326 Å². The molecule has 0 fully saturated rings. The van der Waals surface area contributed by atoms with Gasteiger partial charge in [-0.25, -0.2) is 0 Å². The number of hydrogen-bond acceptors (Lipinski definition) is 5. The number of carbonyl (C=O) groups excluding carboxylic acids is 2. The van der Waals surface area contributed by atoms with Crippen LogP contribution in [0.5, 0.6) is 0 Å². The number of rotatable bonds is 66. The summed E-state index contributed by atoms with van der Waals surface area (Å²) >= 11 is 0. The molecular formula is C72H137NO5. The van der Waals surface area contributed by atoms with E-state index < -0.39 is 12.1 Å². The molecule has 6 heteroatoms. The molecule has 0 aliphatic rings. The number of carbonyl (C=O) groups is 2. The molecule has 0 rings (SSSR count). The largest absolute Gasteiger partial charge is 0.466 e. The normalized spacial score (nSPS) is 12.7. The summed E-state index contributed by atoms with van der Waals surface area (Å²) in [6, 6.07) is -0.539. The van der Waals surface area contributed by atoms with Gasteiger partial charge in [0.1, 0.15) is 0 Å². The van der Waals surface area contributed by atoms with Crippen LogP contribution in [0.3, 0.4) is 0 Å². The van der Waals surface area contributed by atoms with Gasteiger partial charge in [0.05, 0.1) is 25.4 Å². The maximum Gasteiger partial charge on any atom is 0.305 e. The standard InChI is InChI=1S/C72H137NO5/c1-3-5-7-9-11-13-15-17-18-19-36-39-42-46-50-54-58-62-66-72(77)78-67-63-59-55-51-47-43-40-37-34-32-30-28-26-24-22-20-21-23-25-27-29-31-33-35-38-41-45-49-53-57-61-65-71(76)73-69(68-74)70(75)64-60-56-52-48-44-16-14-12-10-8-6-4-2/h13,15,18-19,22,24,69-70,74-75H,3-12,14,16-17,20-21,23,25-68H2,1-2H3,(H,73,76)/b15-13-,19-18-,24-22-. The van der Waals surface area contributed by atoms with E-state index in [-0.39, 0.29) is 18.5 Å². The van der Waals surface area contributed by atoms with E-state index in [2.05, 4.69) is 55.6 Å². The van der Waals surface area contributed by atoms with E-state index in [0.717, 1.165) is 51.4 Å². The van der Waals surface area contributed by atoms with Gasteiger partial charge in [-0.2, -0.15) is 0 Å². The summed E-state index contributed by atoms with van der Waals surface area (Å²) in [5.74, 6) is -0.0212. The molecular weight excluding hydrogens is 959 g/mol. The molecule has 0 spiro atoms. The van der Waals surface area contributed by atoms with E-state index in [0.29, 0.717) is 25.9 Å². The van der Waals surface area contributed by atoms with Crippen molar-refractivity contribution in [2.24, 2.45) is 0 Å². The number of esters is 1. The zero-order valence-corrected chi connectivity index (χ0v) is 52.7. The molecule has 3 N–H and O–H groups in total. The number of ether oxygens (including phenoxy) is 1. The number of allylic oxidation sites excluding steroid dienone is 6. The van der Waals surface area contributed by atoms with Crippen LogP contribution in [0.1, 0.15) is 386 Å². The van der Waals surface area contributed by atoms with Crippen LogP contribution in [0.15, 0.2) is 36.5 Å². The Kier molecular flexibility index (Phi) is 65.9. The molecule has 0 saturated heterocycles. The van der Waals surface area contributed by atoms with Crippen LogP contribution >= 0.6 is 0 Å². The predicted molar refractivity (Wildman–Crippen MR) is 343 cm³/mol. The fraction of sp³-hybridized carbons (Fsp3) is 0.889. The van der Waals surface area contributed by atoms with Crippen molar-refractivity contribution in [3.63, 3.8) is 0 Å². The first-order valence-electron chi connectivity index (χ1n) is 35.2. The highest BCUT2D eigenvalue weighted by molar-refractivity contribution is 5.76. The zero-order valence-electron chi connectivity index (χ0n) is 52.7. The van der Waals surface area contributed by atoms with Crippen molar-refractivity contribution in [2.45, 2.75) is 398 Å². The monoisotopic (exact) mass is 1100 g/mol. The molecule has 0 aromatic carbocycles. The Balaban J connectivity index is 3.34. The van der Waals surface area contributed by atoms with Gasteiger partial charge in [-0.05, 0) is 83.5 Å². The van der Waals surface area contributed by atoms with E-state index >= 15 is 0 Å². The average Bonchev–Trinajstić information content (AvgIpc) is 3.44. The molecule has 0 aromatic heterocycles. The molecule has 2 atom stereocenters. The van der Waals surface area contributed by atoms with E-state index in [9.17, 15) is 19.8 Å². The van der Waals surface area contributed by atoms with E-state index in [1.165, 1.54) is 302 Å². The first kappa shape index (κ1) is 76.1. The van der Waals surface area contributed by atoms with Gasteiger partial charge in [-0.3, -0.25) is 9.59 Å². The van der Waals surface area contributed by atoms with Crippen LogP contribution in [0.2, 0.25) is 0 Å². The number of amides is 1. The molecule has 460 valence electrons. The van der Waals surface area contributed by atoms with Crippen molar-refractivity contribution in [1.82, 2.24) is 5.32 Å². The van der Waals surface area contributed by atoms with Crippen LogP contribution in [0, 0.1) is 0 Å². The Morgan fingerprint density at radius 2 is 0.641 bits per heavy atom. The molecule has 0 heterocycles. The van der Waals surface area contributed by atoms with Gasteiger partial charge in [0, 0.05) is 12.8 Å². The lowest BCUT2D eigenvalue weighted by Crippen LogP contribution is -2.45. The number of aliphatic hydroxyl groups excluding tert-OH is 2. The Morgan fingerprint density at radius 1 is 0.359 bits per heavy atom. The molecule has 0 aliphatic heterocycles. The molecule has 0 saturated carbocycles. The van der Waals surface area contributed by atoms with Crippen LogP contribution in [0.4, 0.5) is 0 Å². The first-order chi connectivity index (χ1) is 38.5. The van der Waals surface area contributed by atoms with Crippen LogP contribution < -0.4 is 5.32 Å². The third-order valence-corrected chi connectivity index (χ3v) is 16.4. The SMILES string of the molecule is CCCCCC/C=C\C/C=C\CCCCCCCCCC(=O)OCCCCCCCCCCCCCC/C=C\CCCCCCCCCCCCCCCCCC(=O)NC(CO)C(O)CCCCCCCCCCCCCC. The lowest BCUT2D eigenvalue weighted by molar-refractivity contribution is -0.143. The Morgan fingerprint density at radius 3 is 1.00 bits per heavy atom. The minimum atomic E-state index is -0.662. The summed E-state index contributed by atoms with van der Waals surface area (Å²) < 4.78 is 5.50. The van der Waals surface area contributed by atoms with Crippen molar-refractivity contribution in [1.29, 1.82) is 0 Å². The Bertz CT molecular complexity index is 1260. The Labute approximate surface area is 487 Å². The van der Waals surface area contributed by atoms with Crippen molar-refractivity contribution in [2.75, 3.05) is 13.2 Å². The molecule has 2 unspecified atom stereocenters. The second kappa shape index (κ2) is 67.6. The van der Waals surface area contributed by atoms with Crippen molar-refractivity contribution in [3.05, 3.63) is 36.5 Å². The van der Waals surface area contributed by atoms with E-state index in [1.807, 2.05) is 0 Å². The highest BCUT2D eigenvalue weighted by Crippen LogP contribution is 2.18. The average molecular weight is 1100 g/mol. The van der Waals surface area contributed by atoms with Gasteiger partial charge in [0.2, 0.25) is 5.91 Å². The summed E-state index contributed by atoms with van der Waals surface area (Å²) in [7, 11) is 0. The second-order valence-electron chi connectivity index (χ2n) is 24.2. The fourth-order valence-corrected chi connectivity index (χ4v) is 11.0. The van der Waals surface area contributed by atoms with Gasteiger partial charge >= 0.3 is 5.97 Å². The summed E-state index contributed by atoms with van der Waals surface area (Å²) in [5, 5.41) is 23.3. The summed E-state index contributed by atoms with van der Waals surface area (Å²) in [5.41, 5.74) is 0. The quantitative estimate of drug-likeness (QED) is 0.0320. The maximum atomic E-state index is 12.5. The molecule has 1 amide bonds. The third kappa shape index (κ3) is 63.3. The molecule has 0 radical (unpaired) electrons. The number of aliphatic hydroxyl groups is 2. The van der Waals surface area contributed by atoms with E-state index in [1.54, 1.807) is 0 Å². The topological polar surface area (TPSA) is 95.9 Å². The molecule has 78 heavy (non-hydrogen) atoms. The highest BCUT2D eigenvalue weighted by atomic mass is 16.5. The highest BCUT2D eigenvalue weighted by Gasteiger charge is 2.20. The van der Waals surface area contributed by atoms with Crippen molar-refractivity contribution in [3.8, 4) is 0 Å². The lowest BCUT2D eigenvalue weighted by atomic mass is 10.0. The van der Waals surface area contributed by atoms with Gasteiger partial charge in [-0.15, -0.1) is 0 Å². The van der Waals surface area contributed by atoms with Gasteiger partial charge < -0.3 is 20.3 Å². The maximum absolute atomic E-state index is 12.5. The minimum absolute atomic E-state index is 0.0106. The second-order valence-corrected chi connectivity index (χ2v) is 24.2. The minimum Gasteiger partial charge on any atom is -0.466 e. The number of unbranched alkanes of at least 4 members (excludes halogenated alkanes) is 49. The number of nitrogens with one attached hydrogen (secondary N) is 1. The van der Waals surface area contributed by atoms with Crippen molar-refractivity contribution >= 4 is 11.9 Å². The summed E-state index contributed by atoms with van der Waals surface area (Å²) in [6.45, 7) is 4.95. The molecule has 0 aromatic rings. The van der Waals surface area contributed by atoms with Crippen molar-refractivity contribution < 1.29 is 24.5 Å². The van der Waals surface area contributed by atoms with Crippen LogP contribution in [-0.4, -0.2) is 47.4 Å². The third-order valence-electron chi connectivity index (χ3n) is 16.4. The molecule has 0 aliphatic carbocycles. The summed E-state index contributed by atoms with van der Waals surface area (Å²) in [6.07, 6.45) is 86.3. The van der Waals surface area contributed by atoms with Crippen LogP contribution in [-0.2, 0) is 14.3 Å². The Hall–Kier alpha value is -1.92. The van der Waals surface area contributed by atoms with E-state index in [4.69, 9.17) is 4.74 Å². The number of hydrogen-bond donors (Lipinski definition) is 3. The zero-order chi connectivity index (χ0) is 56.4. The van der Waals surface area contributed by atoms with Gasteiger partial charge in [0.25, 0.3) is 0 Å². The summed E-state index contributed by atoms with van der Waals surface area (Å²) in [4.78, 5) is 24.6. The van der Waals surface area contributed by atoms with Gasteiger partial charge in [0.15, 0.2) is 0 Å². The fourth-order valence-electron chi connectivity index (χ4n) is 11.0. The predicted octanol–water partition coefficient (Wildman–Crippen LogP) is 22.7. The molecule has 0 bridgehead atoms. The first-order valence-corrected chi connectivity index (χ1v) is 35.2. The molecule has 6 nitrogen and oxygen atoms in total.